The summed E-state index contributed by atoms with van der Waals surface area (Å²) in [5, 5.41) is 11.4. The molecule has 3 N–H and O–H groups in total. The van der Waals surface area contributed by atoms with Crippen LogP contribution >= 0.6 is 24.0 Å². The van der Waals surface area contributed by atoms with Gasteiger partial charge in [-0.1, -0.05) is 6.07 Å². The minimum atomic E-state index is 0. The highest BCUT2D eigenvalue weighted by Gasteiger charge is 2.03. The lowest BCUT2D eigenvalue weighted by Gasteiger charge is -2.08. The molecule has 0 amide bonds. The van der Waals surface area contributed by atoms with Crippen LogP contribution in [0.1, 0.15) is 26.1 Å². The predicted molar refractivity (Wildman–Crippen MR) is 91.5 cm³/mol. The Bertz CT molecular complexity index is 563. The van der Waals surface area contributed by atoms with Gasteiger partial charge < -0.3 is 11.1 Å². The third-order valence-electron chi connectivity index (χ3n) is 2.66. The van der Waals surface area contributed by atoms with Crippen molar-refractivity contribution in [3.8, 4) is 0 Å². The maximum absolute atomic E-state index is 5.73. The number of halogens is 1. The van der Waals surface area contributed by atoms with Gasteiger partial charge in [-0.3, -0.25) is 9.39 Å². The molecule has 0 aliphatic carbocycles. The molecular formula is C13H21IN6. The van der Waals surface area contributed by atoms with Crippen LogP contribution in [-0.2, 0) is 6.42 Å². The number of nitrogens with zero attached hydrogens (tertiary/aromatic N) is 4. The van der Waals surface area contributed by atoms with Crippen LogP contribution in [0.4, 0.5) is 0 Å². The maximum atomic E-state index is 5.73. The number of fused-ring (bicyclic) bond motifs is 1. The summed E-state index contributed by atoms with van der Waals surface area (Å²) in [7, 11) is 0. The van der Waals surface area contributed by atoms with Gasteiger partial charge in [0.25, 0.3) is 0 Å². The number of guanidine groups is 1. The van der Waals surface area contributed by atoms with E-state index in [0.29, 0.717) is 18.5 Å². The highest BCUT2D eigenvalue weighted by Crippen LogP contribution is 2.04. The van der Waals surface area contributed by atoms with Gasteiger partial charge in [0, 0.05) is 25.2 Å². The van der Waals surface area contributed by atoms with Crippen molar-refractivity contribution in [1.82, 2.24) is 19.9 Å². The van der Waals surface area contributed by atoms with Crippen LogP contribution in [0.25, 0.3) is 5.65 Å². The molecule has 2 rings (SSSR count). The van der Waals surface area contributed by atoms with E-state index in [1.165, 1.54) is 0 Å². The van der Waals surface area contributed by atoms with Crippen molar-refractivity contribution in [3.63, 3.8) is 0 Å². The number of rotatable bonds is 5. The van der Waals surface area contributed by atoms with Crippen LogP contribution in [0.2, 0.25) is 0 Å². The molecule has 2 aromatic heterocycles. The van der Waals surface area contributed by atoms with Crippen molar-refractivity contribution in [2.75, 3.05) is 6.54 Å². The quantitative estimate of drug-likeness (QED) is 0.353. The van der Waals surface area contributed by atoms with Crippen LogP contribution in [0, 0.1) is 0 Å². The minimum absolute atomic E-state index is 0. The molecular weight excluding hydrogens is 367 g/mol. The zero-order valence-corrected chi connectivity index (χ0v) is 14.1. The molecule has 0 aliphatic heterocycles. The maximum Gasteiger partial charge on any atom is 0.188 e. The summed E-state index contributed by atoms with van der Waals surface area (Å²) in [6, 6.07) is 6.18. The smallest absolute Gasteiger partial charge is 0.188 e. The number of hydrogen-bond donors (Lipinski definition) is 2. The van der Waals surface area contributed by atoms with E-state index in [0.717, 1.165) is 24.3 Å². The van der Waals surface area contributed by atoms with E-state index in [2.05, 4.69) is 20.5 Å². The van der Waals surface area contributed by atoms with Crippen LogP contribution in [0.3, 0.4) is 0 Å². The number of nitrogens with two attached hydrogens (primary N) is 1. The molecule has 0 spiro atoms. The summed E-state index contributed by atoms with van der Waals surface area (Å²) in [4.78, 5) is 4.27. The van der Waals surface area contributed by atoms with E-state index in [9.17, 15) is 0 Å². The Labute approximate surface area is 135 Å². The Morgan fingerprint density at radius 1 is 1.40 bits per heavy atom. The zero-order valence-electron chi connectivity index (χ0n) is 11.8. The first-order valence-corrected chi connectivity index (χ1v) is 6.52. The SMILES string of the molecule is CC(C)NC(N)=NCCCc1nnc2ccccn12.I. The standard InChI is InChI=1S/C13H20N6.HI/c1-10(2)16-13(14)15-8-5-7-12-18-17-11-6-3-4-9-19(11)12;/h3-4,6,9-10H,5,7-8H2,1-2H3,(H3,14,15,16);1H. The van der Waals surface area contributed by atoms with E-state index in [1.807, 2.05) is 42.6 Å². The average Bonchev–Trinajstić information content (AvgIpc) is 2.77. The van der Waals surface area contributed by atoms with Gasteiger partial charge in [-0.25, -0.2) is 0 Å². The van der Waals surface area contributed by atoms with Crippen LogP contribution in [0.15, 0.2) is 29.4 Å². The molecule has 0 aromatic carbocycles. The molecule has 7 heteroatoms. The summed E-state index contributed by atoms with van der Waals surface area (Å²) in [6.07, 6.45) is 3.71. The van der Waals surface area contributed by atoms with Crippen molar-refractivity contribution in [3.05, 3.63) is 30.2 Å². The first-order valence-electron chi connectivity index (χ1n) is 6.52. The number of hydrogen-bond acceptors (Lipinski definition) is 3. The lowest BCUT2D eigenvalue weighted by atomic mass is 10.3. The fourth-order valence-electron chi connectivity index (χ4n) is 1.84. The Morgan fingerprint density at radius 2 is 2.20 bits per heavy atom. The minimum Gasteiger partial charge on any atom is -0.370 e. The zero-order chi connectivity index (χ0) is 13.7. The molecule has 0 atom stereocenters. The lowest BCUT2D eigenvalue weighted by Crippen LogP contribution is -2.36. The van der Waals surface area contributed by atoms with E-state index in [4.69, 9.17) is 5.73 Å². The van der Waals surface area contributed by atoms with Crippen LogP contribution in [-0.4, -0.2) is 33.1 Å². The van der Waals surface area contributed by atoms with Gasteiger partial charge >= 0.3 is 0 Å². The van der Waals surface area contributed by atoms with Crippen molar-refractivity contribution >= 4 is 35.6 Å². The Morgan fingerprint density at radius 3 is 2.95 bits per heavy atom. The molecule has 6 nitrogen and oxygen atoms in total. The molecule has 0 fully saturated rings. The molecule has 110 valence electrons. The van der Waals surface area contributed by atoms with Gasteiger partial charge in [0.2, 0.25) is 0 Å². The van der Waals surface area contributed by atoms with E-state index in [-0.39, 0.29) is 24.0 Å². The van der Waals surface area contributed by atoms with Gasteiger partial charge in [-0.05, 0) is 32.4 Å². The summed E-state index contributed by atoms with van der Waals surface area (Å²) >= 11 is 0. The number of nitrogens with one attached hydrogen (secondary N) is 1. The molecule has 0 unspecified atom stereocenters. The Balaban J connectivity index is 0.00000200. The first kappa shape index (κ1) is 16.7. The third-order valence-corrected chi connectivity index (χ3v) is 2.66. The van der Waals surface area contributed by atoms with Crippen LogP contribution in [0.5, 0.6) is 0 Å². The van der Waals surface area contributed by atoms with Crippen molar-refractivity contribution in [2.45, 2.75) is 32.7 Å². The highest BCUT2D eigenvalue weighted by molar-refractivity contribution is 14.0. The van der Waals surface area contributed by atoms with Gasteiger partial charge in [0.1, 0.15) is 5.82 Å². The molecule has 20 heavy (non-hydrogen) atoms. The average molecular weight is 388 g/mol. The molecule has 2 aromatic rings. The Hall–Kier alpha value is -1.38. The summed E-state index contributed by atoms with van der Waals surface area (Å²) in [5.41, 5.74) is 6.61. The van der Waals surface area contributed by atoms with E-state index in [1.54, 1.807) is 0 Å². The lowest BCUT2D eigenvalue weighted by molar-refractivity contribution is 0.715. The van der Waals surface area contributed by atoms with Crippen molar-refractivity contribution in [1.29, 1.82) is 0 Å². The molecule has 2 heterocycles. The molecule has 0 bridgehead atoms. The topological polar surface area (TPSA) is 80.6 Å². The second kappa shape index (κ2) is 8.03. The first-order chi connectivity index (χ1) is 9.16. The van der Waals surface area contributed by atoms with Gasteiger partial charge in [-0.2, -0.15) is 0 Å². The second-order valence-electron chi connectivity index (χ2n) is 4.71. The second-order valence-corrected chi connectivity index (χ2v) is 4.71. The van der Waals surface area contributed by atoms with E-state index < -0.39 is 0 Å². The summed E-state index contributed by atoms with van der Waals surface area (Å²) in [5.74, 6) is 1.46. The van der Waals surface area contributed by atoms with E-state index >= 15 is 0 Å². The fraction of sp³-hybridized carbons (Fsp3) is 0.462. The molecule has 0 aliphatic rings. The number of aromatic nitrogens is 3. The predicted octanol–water partition coefficient (Wildman–Crippen LogP) is 1.59. The van der Waals surface area contributed by atoms with Crippen molar-refractivity contribution < 1.29 is 0 Å². The third kappa shape index (κ3) is 4.62. The van der Waals surface area contributed by atoms with Gasteiger partial charge in [0.05, 0.1) is 0 Å². The molecule has 0 saturated carbocycles. The van der Waals surface area contributed by atoms with Crippen LogP contribution < -0.4 is 11.1 Å². The molecule has 0 radical (unpaired) electrons. The highest BCUT2D eigenvalue weighted by atomic mass is 127. The largest absolute Gasteiger partial charge is 0.370 e. The van der Waals surface area contributed by atoms with Gasteiger partial charge in [-0.15, -0.1) is 34.2 Å². The Kier molecular flexibility index (Phi) is 6.69. The number of aliphatic imine (C=N–C) groups is 1. The summed E-state index contributed by atoms with van der Waals surface area (Å²) in [6.45, 7) is 4.75. The fourth-order valence-corrected chi connectivity index (χ4v) is 1.84. The normalized spacial score (nSPS) is 11.7. The molecule has 0 saturated heterocycles. The van der Waals surface area contributed by atoms with Gasteiger partial charge in [0.15, 0.2) is 11.6 Å². The number of pyridine rings is 1. The monoisotopic (exact) mass is 388 g/mol. The summed E-state index contributed by atoms with van der Waals surface area (Å²) < 4.78 is 2.00. The number of aryl methyl sites for hydroxylation is 1. The van der Waals surface area contributed by atoms with Crippen molar-refractivity contribution in [2.24, 2.45) is 10.7 Å².